The zero-order valence-corrected chi connectivity index (χ0v) is 12.4. The van der Waals surface area contributed by atoms with Crippen molar-refractivity contribution in [3.8, 4) is 6.07 Å². The highest BCUT2D eigenvalue weighted by atomic mass is 16.4. The fourth-order valence-corrected chi connectivity index (χ4v) is 2.60. The molecule has 1 aromatic heterocycles. The molecule has 24 heavy (non-hydrogen) atoms. The van der Waals surface area contributed by atoms with Gasteiger partial charge in [-0.15, -0.1) is 0 Å². The van der Waals surface area contributed by atoms with Crippen molar-refractivity contribution in [1.82, 2.24) is 14.8 Å². The van der Waals surface area contributed by atoms with Crippen LogP contribution >= 0.6 is 0 Å². The number of carbonyl (C=O) groups excluding carboxylic acids is 2. The van der Waals surface area contributed by atoms with E-state index in [1.54, 1.807) is 10.8 Å². The van der Waals surface area contributed by atoms with E-state index in [9.17, 15) is 14.4 Å². The standard InChI is InChI=1S/C16H12N4O4/c17-5-6-19-8-10(11-3-1-2-4-13(11)19)7-12-15(23)20(9-14(21)22)16(24)18-12/h1-4,7-8H,6,9H2,(H,18,24)(H,21,22)/b12-7+. The number of benzene rings is 1. The third kappa shape index (κ3) is 2.59. The number of carbonyl (C=O) groups is 3. The molecule has 1 aliphatic rings. The Bertz CT molecular complexity index is 935. The van der Waals surface area contributed by atoms with E-state index in [1.807, 2.05) is 24.3 Å². The van der Waals surface area contributed by atoms with E-state index in [2.05, 4.69) is 11.4 Å². The van der Waals surface area contributed by atoms with E-state index in [4.69, 9.17) is 10.4 Å². The van der Waals surface area contributed by atoms with Gasteiger partial charge in [0.05, 0.1) is 6.07 Å². The second kappa shape index (κ2) is 5.89. The predicted octanol–water partition coefficient (Wildman–Crippen LogP) is 1.14. The van der Waals surface area contributed by atoms with Gasteiger partial charge in [0.2, 0.25) is 0 Å². The van der Waals surface area contributed by atoms with Gasteiger partial charge in [-0.05, 0) is 12.1 Å². The highest BCUT2D eigenvalue weighted by Gasteiger charge is 2.35. The number of aliphatic carboxylic acids is 1. The monoisotopic (exact) mass is 324 g/mol. The van der Waals surface area contributed by atoms with E-state index in [1.165, 1.54) is 6.08 Å². The largest absolute Gasteiger partial charge is 0.480 e. The quantitative estimate of drug-likeness (QED) is 0.646. The summed E-state index contributed by atoms with van der Waals surface area (Å²) in [5, 5.41) is 20.9. The molecule has 0 aliphatic carbocycles. The maximum atomic E-state index is 12.2. The number of amides is 3. The summed E-state index contributed by atoms with van der Waals surface area (Å²) < 4.78 is 1.73. The molecule has 8 heteroatoms. The smallest absolute Gasteiger partial charge is 0.329 e. The lowest BCUT2D eigenvalue weighted by molar-refractivity contribution is -0.140. The van der Waals surface area contributed by atoms with Crippen LogP contribution in [0.1, 0.15) is 5.56 Å². The molecule has 2 aromatic rings. The zero-order chi connectivity index (χ0) is 17.3. The number of nitrogens with one attached hydrogen (secondary N) is 1. The summed E-state index contributed by atoms with van der Waals surface area (Å²) in [4.78, 5) is 35.3. The molecular formula is C16H12N4O4. The summed E-state index contributed by atoms with van der Waals surface area (Å²) in [7, 11) is 0. The van der Waals surface area contributed by atoms with Crippen molar-refractivity contribution in [3.63, 3.8) is 0 Å². The van der Waals surface area contributed by atoms with Gasteiger partial charge in [0.15, 0.2) is 0 Å². The maximum Gasteiger partial charge on any atom is 0.329 e. The minimum Gasteiger partial charge on any atom is -0.480 e. The Kier molecular flexibility index (Phi) is 3.75. The lowest BCUT2D eigenvalue weighted by Gasteiger charge is -2.06. The first kappa shape index (κ1) is 15.3. The lowest BCUT2D eigenvalue weighted by Crippen LogP contribution is -2.35. The molecule has 120 valence electrons. The first-order valence-corrected chi connectivity index (χ1v) is 7.02. The van der Waals surface area contributed by atoms with Crippen molar-refractivity contribution in [2.45, 2.75) is 6.54 Å². The van der Waals surface area contributed by atoms with Gasteiger partial charge in [-0.3, -0.25) is 9.59 Å². The van der Waals surface area contributed by atoms with E-state index < -0.39 is 24.5 Å². The molecule has 0 spiro atoms. The van der Waals surface area contributed by atoms with Gasteiger partial charge in [0, 0.05) is 22.7 Å². The Labute approximate surface area is 136 Å². The van der Waals surface area contributed by atoms with Crippen LogP contribution in [0.15, 0.2) is 36.2 Å². The summed E-state index contributed by atoms with van der Waals surface area (Å²) in [6.07, 6.45) is 3.19. The van der Waals surface area contributed by atoms with Crippen LogP contribution in [0.5, 0.6) is 0 Å². The van der Waals surface area contributed by atoms with E-state index in [0.717, 1.165) is 10.9 Å². The molecular weight excluding hydrogens is 312 g/mol. The summed E-state index contributed by atoms with van der Waals surface area (Å²) >= 11 is 0. The molecule has 0 bridgehead atoms. The number of aromatic nitrogens is 1. The number of imide groups is 1. The second-order valence-electron chi connectivity index (χ2n) is 5.16. The second-order valence-corrected chi connectivity index (χ2v) is 5.16. The van der Waals surface area contributed by atoms with Crippen LogP contribution in [0.2, 0.25) is 0 Å². The Morgan fingerprint density at radius 2 is 2.08 bits per heavy atom. The molecule has 1 saturated heterocycles. The van der Waals surface area contributed by atoms with Crippen LogP contribution in [0.25, 0.3) is 17.0 Å². The highest BCUT2D eigenvalue weighted by molar-refractivity contribution is 6.15. The van der Waals surface area contributed by atoms with Gasteiger partial charge in [0.1, 0.15) is 18.8 Å². The number of hydrogen-bond acceptors (Lipinski definition) is 4. The van der Waals surface area contributed by atoms with Gasteiger partial charge in [-0.1, -0.05) is 18.2 Å². The van der Waals surface area contributed by atoms with Crippen LogP contribution < -0.4 is 5.32 Å². The Hall–Kier alpha value is -3.60. The zero-order valence-electron chi connectivity index (χ0n) is 12.4. The Morgan fingerprint density at radius 1 is 1.33 bits per heavy atom. The van der Waals surface area contributed by atoms with E-state index >= 15 is 0 Å². The van der Waals surface area contributed by atoms with Crippen LogP contribution in [0.4, 0.5) is 4.79 Å². The van der Waals surface area contributed by atoms with Crippen molar-refractivity contribution in [1.29, 1.82) is 5.26 Å². The number of hydrogen-bond donors (Lipinski definition) is 2. The number of nitrogens with zero attached hydrogens (tertiary/aromatic N) is 3. The molecule has 0 unspecified atom stereocenters. The summed E-state index contributed by atoms with van der Waals surface area (Å²) in [5.74, 6) is -1.97. The van der Waals surface area contributed by atoms with Gasteiger partial charge >= 0.3 is 12.0 Å². The van der Waals surface area contributed by atoms with E-state index in [0.29, 0.717) is 10.5 Å². The molecule has 1 fully saturated rings. The number of carboxylic acid groups (broad SMARTS) is 1. The topological polar surface area (TPSA) is 115 Å². The molecule has 2 heterocycles. The fraction of sp³-hybridized carbons (Fsp3) is 0.125. The van der Waals surface area contributed by atoms with Crippen molar-refractivity contribution in [3.05, 3.63) is 41.7 Å². The molecule has 3 amide bonds. The Morgan fingerprint density at radius 3 is 2.79 bits per heavy atom. The van der Waals surface area contributed by atoms with Gasteiger partial charge in [-0.2, -0.15) is 5.26 Å². The molecule has 0 radical (unpaired) electrons. The van der Waals surface area contributed by atoms with Crippen LogP contribution in [0, 0.1) is 11.3 Å². The number of carboxylic acids is 1. The number of para-hydroxylation sites is 1. The number of urea groups is 1. The fourth-order valence-electron chi connectivity index (χ4n) is 2.60. The molecule has 3 rings (SSSR count). The number of nitriles is 1. The molecule has 1 aromatic carbocycles. The van der Waals surface area contributed by atoms with Gasteiger partial charge in [-0.25, -0.2) is 9.69 Å². The average molecular weight is 324 g/mol. The minimum atomic E-state index is -1.27. The van der Waals surface area contributed by atoms with Crippen LogP contribution in [-0.2, 0) is 16.1 Å². The minimum absolute atomic E-state index is 0.00103. The Balaban J connectivity index is 2.02. The highest BCUT2D eigenvalue weighted by Crippen LogP contribution is 2.24. The first-order valence-electron chi connectivity index (χ1n) is 7.02. The van der Waals surface area contributed by atoms with Crippen LogP contribution in [-0.4, -0.2) is 39.0 Å². The average Bonchev–Trinajstić information content (AvgIpc) is 3.01. The van der Waals surface area contributed by atoms with Crippen molar-refractivity contribution in [2.75, 3.05) is 6.54 Å². The number of fused-ring (bicyclic) bond motifs is 1. The third-order valence-corrected chi connectivity index (χ3v) is 3.62. The van der Waals surface area contributed by atoms with Gasteiger partial charge < -0.3 is 15.0 Å². The molecule has 0 saturated carbocycles. The molecule has 2 N–H and O–H groups in total. The third-order valence-electron chi connectivity index (χ3n) is 3.62. The summed E-state index contributed by atoms with van der Waals surface area (Å²) in [5.41, 5.74) is 1.48. The molecule has 1 aliphatic heterocycles. The van der Waals surface area contributed by atoms with Crippen molar-refractivity contribution >= 4 is 34.9 Å². The first-order chi connectivity index (χ1) is 11.5. The van der Waals surface area contributed by atoms with E-state index in [-0.39, 0.29) is 12.2 Å². The normalized spacial score (nSPS) is 15.8. The summed E-state index contributed by atoms with van der Waals surface area (Å²) in [6, 6.07) is 8.64. The molecule has 8 nitrogen and oxygen atoms in total. The molecule has 0 atom stereocenters. The van der Waals surface area contributed by atoms with Crippen LogP contribution in [0.3, 0.4) is 0 Å². The van der Waals surface area contributed by atoms with Gasteiger partial charge in [0.25, 0.3) is 5.91 Å². The van der Waals surface area contributed by atoms with Crippen molar-refractivity contribution in [2.24, 2.45) is 0 Å². The SMILES string of the molecule is N#CCn1cc(/C=C2/NC(=O)N(CC(=O)O)C2=O)c2ccccc21. The number of rotatable bonds is 4. The van der Waals surface area contributed by atoms with Crippen molar-refractivity contribution < 1.29 is 19.5 Å². The lowest BCUT2D eigenvalue weighted by atomic mass is 10.1. The summed E-state index contributed by atoms with van der Waals surface area (Å²) in [6.45, 7) is -0.548. The maximum absolute atomic E-state index is 12.2. The predicted molar refractivity (Wildman–Crippen MR) is 83.4 cm³/mol.